The van der Waals surface area contributed by atoms with Crippen LogP contribution in [0.15, 0.2) is 33.9 Å². The highest BCUT2D eigenvalue weighted by Crippen LogP contribution is 2.25. The van der Waals surface area contributed by atoms with Gasteiger partial charge in [-0.15, -0.1) is 10.2 Å². The normalized spacial score (nSPS) is 11.7. The fourth-order valence-corrected chi connectivity index (χ4v) is 3.43. The zero-order valence-corrected chi connectivity index (χ0v) is 12.3. The lowest BCUT2D eigenvalue weighted by atomic mass is 10.1. The molecule has 7 heteroatoms. The summed E-state index contributed by atoms with van der Waals surface area (Å²) in [7, 11) is -2.96. The van der Waals surface area contributed by atoms with E-state index in [0.717, 1.165) is 11.1 Å². The number of hydrogen-bond acceptors (Lipinski definition) is 6. The number of nitrogens with zero attached hydrogens (tertiary/aromatic N) is 2. The number of sulfone groups is 1. The van der Waals surface area contributed by atoms with Gasteiger partial charge in [-0.3, -0.25) is 0 Å². The van der Waals surface area contributed by atoms with Crippen LogP contribution in [-0.2, 0) is 9.84 Å². The maximum atomic E-state index is 11.0. The quantitative estimate of drug-likeness (QED) is 0.788. The zero-order chi connectivity index (χ0) is 13.9. The van der Waals surface area contributed by atoms with Crippen molar-refractivity contribution in [3.8, 4) is 11.5 Å². The third-order valence-corrected chi connectivity index (χ3v) is 4.49. The van der Waals surface area contributed by atoms with E-state index in [9.17, 15) is 8.42 Å². The van der Waals surface area contributed by atoms with Crippen LogP contribution in [0, 0.1) is 6.92 Å². The molecular weight excluding hydrogens is 284 g/mol. The fourth-order valence-electron chi connectivity index (χ4n) is 1.47. The van der Waals surface area contributed by atoms with E-state index in [4.69, 9.17) is 4.42 Å². The van der Waals surface area contributed by atoms with Crippen LogP contribution in [0.4, 0.5) is 0 Å². The molecule has 2 rings (SSSR count). The number of aromatic nitrogens is 2. The second-order valence-electron chi connectivity index (χ2n) is 4.17. The van der Waals surface area contributed by atoms with E-state index in [-0.39, 0.29) is 5.75 Å². The van der Waals surface area contributed by atoms with Crippen molar-refractivity contribution in [3.05, 3.63) is 29.8 Å². The molecule has 0 bridgehead atoms. The van der Waals surface area contributed by atoms with Gasteiger partial charge in [0.05, 0.1) is 5.75 Å². The Labute approximate surface area is 116 Å². The van der Waals surface area contributed by atoms with Gasteiger partial charge in [0.25, 0.3) is 5.22 Å². The molecule has 2 aromatic rings. The van der Waals surface area contributed by atoms with Crippen LogP contribution in [0.2, 0.25) is 0 Å². The average Bonchev–Trinajstić information content (AvgIpc) is 2.76. The van der Waals surface area contributed by atoms with Crippen molar-refractivity contribution in [2.45, 2.75) is 12.1 Å². The molecule has 0 fully saturated rings. The van der Waals surface area contributed by atoms with Crippen molar-refractivity contribution in [2.24, 2.45) is 0 Å². The van der Waals surface area contributed by atoms with Crippen LogP contribution >= 0.6 is 11.8 Å². The minimum atomic E-state index is -2.96. The predicted molar refractivity (Wildman–Crippen MR) is 74.9 cm³/mol. The molecule has 0 aliphatic rings. The molecule has 0 spiro atoms. The first-order valence-electron chi connectivity index (χ1n) is 5.66. The monoisotopic (exact) mass is 298 g/mol. The van der Waals surface area contributed by atoms with E-state index < -0.39 is 9.84 Å². The lowest BCUT2D eigenvalue weighted by Gasteiger charge is -1.98. The minimum absolute atomic E-state index is 0.0970. The van der Waals surface area contributed by atoms with Crippen molar-refractivity contribution in [1.82, 2.24) is 10.2 Å². The summed E-state index contributed by atoms with van der Waals surface area (Å²) in [6.07, 6.45) is 1.21. The van der Waals surface area contributed by atoms with Gasteiger partial charge in [0.1, 0.15) is 9.84 Å². The number of hydrogen-bond donors (Lipinski definition) is 0. The highest BCUT2D eigenvalue weighted by Gasteiger charge is 2.11. The standard InChI is InChI=1S/C12H14N2O3S2/c1-9-5-3-4-6-10(9)11-13-14-12(17-11)18-7-8-19(2,15)16/h3-6H,7-8H2,1-2H3. The smallest absolute Gasteiger partial charge is 0.276 e. The van der Waals surface area contributed by atoms with Gasteiger partial charge >= 0.3 is 0 Å². The Morgan fingerprint density at radius 2 is 2.00 bits per heavy atom. The van der Waals surface area contributed by atoms with Crippen LogP contribution in [0.5, 0.6) is 0 Å². The molecule has 0 atom stereocenters. The summed E-state index contributed by atoms with van der Waals surface area (Å²) in [5, 5.41) is 8.27. The first kappa shape index (κ1) is 14.1. The maximum absolute atomic E-state index is 11.0. The van der Waals surface area contributed by atoms with Gasteiger partial charge in [0, 0.05) is 17.6 Å². The molecule has 19 heavy (non-hydrogen) atoms. The molecule has 1 heterocycles. The molecule has 0 N–H and O–H groups in total. The van der Waals surface area contributed by atoms with Gasteiger partial charge < -0.3 is 4.42 Å². The molecule has 0 aliphatic carbocycles. The second-order valence-corrected chi connectivity index (χ2v) is 7.47. The van der Waals surface area contributed by atoms with Gasteiger partial charge in [-0.1, -0.05) is 30.0 Å². The van der Waals surface area contributed by atoms with Gasteiger partial charge in [-0.25, -0.2) is 8.42 Å². The fraction of sp³-hybridized carbons (Fsp3) is 0.333. The van der Waals surface area contributed by atoms with Crippen LogP contribution in [0.1, 0.15) is 5.56 Å². The number of rotatable bonds is 5. The molecule has 0 aliphatic heterocycles. The third-order valence-electron chi connectivity index (χ3n) is 2.46. The largest absolute Gasteiger partial charge is 0.411 e. The van der Waals surface area contributed by atoms with Crippen molar-refractivity contribution >= 4 is 21.6 Å². The predicted octanol–water partition coefficient (Wildman–Crippen LogP) is 2.18. The molecule has 0 unspecified atom stereocenters. The van der Waals surface area contributed by atoms with Gasteiger partial charge in [-0.2, -0.15) is 0 Å². The molecule has 1 aromatic carbocycles. The Morgan fingerprint density at radius 3 is 2.68 bits per heavy atom. The van der Waals surface area contributed by atoms with Crippen molar-refractivity contribution < 1.29 is 12.8 Å². The lowest BCUT2D eigenvalue weighted by molar-refractivity contribution is 0.466. The third kappa shape index (κ3) is 4.07. The summed E-state index contributed by atoms with van der Waals surface area (Å²) < 4.78 is 27.5. The first-order valence-corrected chi connectivity index (χ1v) is 8.70. The molecule has 0 amide bonds. The van der Waals surface area contributed by atoms with E-state index in [1.807, 2.05) is 31.2 Å². The highest BCUT2D eigenvalue weighted by molar-refractivity contribution is 8.00. The van der Waals surface area contributed by atoms with Gasteiger partial charge in [0.15, 0.2) is 0 Å². The van der Waals surface area contributed by atoms with Crippen molar-refractivity contribution in [1.29, 1.82) is 0 Å². The Hall–Kier alpha value is -1.34. The Morgan fingerprint density at radius 1 is 1.26 bits per heavy atom. The summed E-state index contributed by atoms with van der Waals surface area (Å²) in [6.45, 7) is 1.97. The highest BCUT2D eigenvalue weighted by atomic mass is 32.2. The van der Waals surface area contributed by atoms with Gasteiger partial charge in [-0.05, 0) is 18.6 Å². The molecule has 5 nitrogen and oxygen atoms in total. The Balaban J connectivity index is 2.06. The Bertz CT molecular complexity index is 665. The van der Waals surface area contributed by atoms with Crippen LogP contribution in [0.25, 0.3) is 11.5 Å². The Kier molecular flexibility index (Phi) is 4.26. The average molecular weight is 298 g/mol. The van der Waals surface area contributed by atoms with Gasteiger partial charge in [0.2, 0.25) is 5.89 Å². The van der Waals surface area contributed by atoms with Crippen LogP contribution < -0.4 is 0 Å². The molecular formula is C12H14N2O3S2. The van der Waals surface area contributed by atoms with E-state index in [0.29, 0.717) is 16.9 Å². The molecule has 0 radical (unpaired) electrons. The molecule has 0 saturated heterocycles. The van der Waals surface area contributed by atoms with E-state index in [1.165, 1.54) is 18.0 Å². The molecule has 1 aromatic heterocycles. The maximum Gasteiger partial charge on any atom is 0.276 e. The van der Waals surface area contributed by atoms with E-state index in [2.05, 4.69) is 10.2 Å². The molecule has 102 valence electrons. The zero-order valence-electron chi connectivity index (χ0n) is 10.7. The number of aryl methyl sites for hydroxylation is 1. The second kappa shape index (κ2) is 5.75. The number of benzene rings is 1. The minimum Gasteiger partial charge on any atom is -0.411 e. The van der Waals surface area contributed by atoms with Crippen LogP contribution in [-0.4, -0.2) is 36.4 Å². The first-order chi connectivity index (χ1) is 8.96. The molecule has 0 saturated carbocycles. The van der Waals surface area contributed by atoms with Crippen LogP contribution in [0.3, 0.4) is 0 Å². The summed E-state index contributed by atoms with van der Waals surface area (Å²) in [5.74, 6) is 0.966. The van der Waals surface area contributed by atoms with E-state index in [1.54, 1.807) is 0 Å². The summed E-state index contributed by atoms with van der Waals surface area (Å²) in [4.78, 5) is 0. The number of thioether (sulfide) groups is 1. The lowest BCUT2D eigenvalue weighted by Crippen LogP contribution is -2.04. The van der Waals surface area contributed by atoms with Crippen molar-refractivity contribution in [3.63, 3.8) is 0 Å². The van der Waals surface area contributed by atoms with E-state index >= 15 is 0 Å². The van der Waals surface area contributed by atoms with Crippen molar-refractivity contribution in [2.75, 3.05) is 17.8 Å². The summed E-state index contributed by atoms with van der Waals surface area (Å²) in [6, 6.07) is 7.73. The topological polar surface area (TPSA) is 73.1 Å². The summed E-state index contributed by atoms with van der Waals surface area (Å²) in [5.41, 5.74) is 1.95. The summed E-state index contributed by atoms with van der Waals surface area (Å²) >= 11 is 1.25. The SMILES string of the molecule is Cc1ccccc1-c1nnc(SCCS(C)(=O)=O)o1.